The first-order chi connectivity index (χ1) is 14.2. The van der Waals surface area contributed by atoms with E-state index in [1.807, 2.05) is 24.4 Å². The predicted octanol–water partition coefficient (Wildman–Crippen LogP) is 2.71. The second-order valence-electron chi connectivity index (χ2n) is 7.63. The van der Waals surface area contributed by atoms with Crippen molar-refractivity contribution in [3.8, 4) is 17.2 Å². The van der Waals surface area contributed by atoms with E-state index >= 15 is 0 Å². The van der Waals surface area contributed by atoms with Gasteiger partial charge in [-0.2, -0.15) is 0 Å². The Morgan fingerprint density at radius 2 is 1.90 bits per heavy atom. The molecular weight excluding hydrogens is 368 g/mol. The molecule has 2 saturated heterocycles. The molecule has 1 aromatic heterocycles. The zero-order valence-electron chi connectivity index (χ0n) is 17.4. The average Bonchev–Trinajstić information content (AvgIpc) is 3.43. The van der Waals surface area contributed by atoms with E-state index in [0.717, 1.165) is 25.2 Å². The fraction of sp³-hybridized carbons (Fsp3) is 0.500. The number of nitrogens with zero attached hydrogens (tertiary/aromatic N) is 2. The Hall–Kier alpha value is -2.35. The first-order valence-electron chi connectivity index (χ1n) is 10.2. The molecule has 156 valence electrons. The molecule has 3 atom stereocenters. The van der Waals surface area contributed by atoms with Crippen LogP contribution < -0.4 is 25.1 Å². The smallest absolute Gasteiger partial charge is 0.203 e. The molecule has 2 aliphatic rings. The molecule has 2 fully saturated rings. The molecule has 3 unspecified atom stereocenters. The van der Waals surface area contributed by atoms with Gasteiger partial charge in [-0.3, -0.25) is 15.3 Å². The monoisotopic (exact) mass is 398 g/mol. The molecule has 2 N–H and O–H groups in total. The summed E-state index contributed by atoms with van der Waals surface area (Å²) in [5, 5.41) is 0. The maximum atomic E-state index is 5.55. The number of rotatable bonds is 7. The fourth-order valence-electron chi connectivity index (χ4n) is 4.60. The van der Waals surface area contributed by atoms with Gasteiger partial charge in [-0.1, -0.05) is 6.07 Å². The summed E-state index contributed by atoms with van der Waals surface area (Å²) >= 11 is 0. The van der Waals surface area contributed by atoms with Crippen LogP contribution in [0.1, 0.15) is 36.2 Å². The van der Waals surface area contributed by atoms with Crippen molar-refractivity contribution in [2.45, 2.75) is 24.9 Å². The van der Waals surface area contributed by atoms with E-state index in [4.69, 9.17) is 14.2 Å². The molecule has 2 aromatic rings. The first-order valence-corrected chi connectivity index (χ1v) is 10.2. The fourth-order valence-corrected chi connectivity index (χ4v) is 4.60. The molecule has 0 radical (unpaired) electrons. The predicted molar refractivity (Wildman–Crippen MR) is 111 cm³/mol. The van der Waals surface area contributed by atoms with Gasteiger partial charge in [0.2, 0.25) is 5.75 Å². The number of nitrogens with one attached hydrogen (secondary N) is 2. The molecule has 0 spiro atoms. The van der Waals surface area contributed by atoms with Crippen molar-refractivity contribution in [1.82, 2.24) is 20.7 Å². The molecule has 0 saturated carbocycles. The zero-order valence-corrected chi connectivity index (χ0v) is 17.4. The minimum Gasteiger partial charge on any atom is -0.493 e. The lowest BCUT2D eigenvalue weighted by molar-refractivity contribution is 0.208. The Kier molecular flexibility index (Phi) is 6.18. The van der Waals surface area contributed by atoms with Crippen LogP contribution in [0.2, 0.25) is 0 Å². The van der Waals surface area contributed by atoms with Crippen molar-refractivity contribution in [3.63, 3.8) is 0 Å². The van der Waals surface area contributed by atoms with Crippen molar-refractivity contribution in [3.05, 3.63) is 47.8 Å². The maximum Gasteiger partial charge on any atom is 0.203 e. The number of hydrazine groups is 1. The lowest BCUT2D eigenvalue weighted by Gasteiger charge is -2.29. The maximum absolute atomic E-state index is 5.55. The van der Waals surface area contributed by atoms with Crippen molar-refractivity contribution in [2.75, 3.05) is 41.0 Å². The van der Waals surface area contributed by atoms with Gasteiger partial charge < -0.3 is 14.2 Å². The molecule has 0 amide bonds. The summed E-state index contributed by atoms with van der Waals surface area (Å²) < 4.78 is 16.6. The quantitative estimate of drug-likeness (QED) is 0.743. The second-order valence-corrected chi connectivity index (χ2v) is 7.63. The second kappa shape index (κ2) is 8.98. The summed E-state index contributed by atoms with van der Waals surface area (Å²) in [5.74, 6) is 2.40. The van der Waals surface area contributed by atoms with Crippen LogP contribution >= 0.6 is 0 Å². The Morgan fingerprint density at radius 1 is 1.10 bits per heavy atom. The minimum atomic E-state index is 0.161. The van der Waals surface area contributed by atoms with Gasteiger partial charge in [0.05, 0.1) is 39.1 Å². The summed E-state index contributed by atoms with van der Waals surface area (Å²) in [4.78, 5) is 7.18. The normalized spacial score (nSPS) is 24.6. The molecule has 29 heavy (non-hydrogen) atoms. The van der Waals surface area contributed by atoms with Gasteiger partial charge in [-0.25, -0.2) is 5.43 Å². The van der Waals surface area contributed by atoms with E-state index in [9.17, 15) is 0 Å². The standard InChI is InChI=1S/C22H30N4O3/c1-27-19-11-15(12-20(28-2)22(19)29-3)21-16(13-24-25-21)14-26-10-6-8-18(26)17-7-4-5-9-23-17/h4-5,7,9,11-12,16,18,21,24-25H,6,8,10,13-14H2,1-3H3. The average molecular weight is 399 g/mol. The molecule has 1 aromatic carbocycles. The molecule has 4 rings (SSSR count). The molecule has 2 aliphatic heterocycles. The largest absolute Gasteiger partial charge is 0.493 e. The van der Waals surface area contributed by atoms with E-state index in [1.54, 1.807) is 21.3 Å². The molecule has 3 heterocycles. The van der Waals surface area contributed by atoms with Gasteiger partial charge in [-0.15, -0.1) is 0 Å². The SMILES string of the molecule is COc1cc(C2NNCC2CN2CCCC2c2ccccn2)cc(OC)c1OC. The number of benzene rings is 1. The number of aromatic nitrogens is 1. The Balaban J connectivity index is 1.55. The number of hydrogen-bond acceptors (Lipinski definition) is 7. The van der Waals surface area contributed by atoms with Crippen molar-refractivity contribution < 1.29 is 14.2 Å². The highest BCUT2D eigenvalue weighted by molar-refractivity contribution is 5.54. The van der Waals surface area contributed by atoms with Gasteiger partial charge in [0.15, 0.2) is 11.5 Å². The van der Waals surface area contributed by atoms with Crippen LogP contribution in [-0.4, -0.2) is 50.8 Å². The highest BCUT2D eigenvalue weighted by Crippen LogP contribution is 2.42. The van der Waals surface area contributed by atoms with Crippen LogP contribution in [-0.2, 0) is 0 Å². The van der Waals surface area contributed by atoms with Crippen LogP contribution in [0.3, 0.4) is 0 Å². The summed E-state index contributed by atoms with van der Waals surface area (Å²) in [6.45, 7) is 3.02. The third kappa shape index (κ3) is 4.03. The van der Waals surface area contributed by atoms with Gasteiger partial charge in [0.1, 0.15) is 0 Å². The Labute approximate surface area is 172 Å². The Bertz CT molecular complexity index is 792. The molecule has 0 aliphatic carbocycles. The molecule has 0 bridgehead atoms. The van der Waals surface area contributed by atoms with E-state index in [2.05, 4.69) is 32.9 Å². The molecule has 7 heteroatoms. The van der Waals surface area contributed by atoms with E-state index in [0.29, 0.717) is 29.2 Å². The number of methoxy groups -OCH3 is 3. The summed E-state index contributed by atoms with van der Waals surface area (Å²) in [6.07, 6.45) is 4.27. The molecular formula is C22H30N4O3. The van der Waals surface area contributed by atoms with Gasteiger partial charge in [0, 0.05) is 25.2 Å². The van der Waals surface area contributed by atoms with Crippen molar-refractivity contribution >= 4 is 0 Å². The molecule has 7 nitrogen and oxygen atoms in total. The number of pyridine rings is 1. The number of ether oxygens (including phenoxy) is 3. The lowest BCUT2D eigenvalue weighted by atomic mass is 9.93. The van der Waals surface area contributed by atoms with Crippen LogP contribution in [0, 0.1) is 5.92 Å². The van der Waals surface area contributed by atoms with Gasteiger partial charge >= 0.3 is 0 Å². The summed E-state index contributed by atoms with van der Waals surface area (Å²) in [6, 6.07) is 10.8. The summed E-state index contributed by atoms with van der Waals surface area (Å²) in [7, 11) is 4.94. The van der Waals surface area contributed by atoms with Gasteiger partial charge in [0.25, 0.3) is 0 Å². The van der Waals surface area contributed by atoms with Crippen LogP contribution in [0.15, 0.2) is 36.5 Å². The van der Waals surface area contributed by atoms with Crippen LogP contribution in [0.25, 0.3) is 0 Å². The summed E-state index contributed by atoms with van der Waals surface area (Å²) in [5.41, 5.74) is 9.10. The van der Waals surface area contributed by atoms with Gasteiger partial charge in [-0.05, 0) is 49.2 Å². The lowest BCUT2D eigenvalue weighted by Crippen LogP contribution is -2.33. The van der Waals surface area contributed by atoms with Crippen LogP contribution in [0.4, 0.5) is 0 Å². The number of hydrogen-bond donors (Lipinski definition) is 2. The van der Waals surface area contributed by atoms with E-state index in [1.165, 1.54) is 18.5 Å². The van der Waals surface area contributed by atoms with E-state index in [-0.39, 0.29) is 6.04 Å². The zero-order chi connectivity index (χ0) is 20.2. The van der Waals surface area contributed by atoms with Crippen molar-refractivity contribution in [2.24, 2.45) is 5.92 Å². The van der Waals surface area contributed by atoms with E-state index < -0.39 is 0 Å². The Morgan fingerprint density at radius 3 is 2.55 bits per heavy atom. The topological polar surface area (TPSA) is 67.9 Å². The third-order valence-corrected chi connectivity index (χ3v) is 6.00. The first kappa shape index (κ1) is 19.9. The van der Waals surface area contributed by atoms with Crippen LogP contribution in [0.5, 0.6) is 17.2 Å². The highest BCUT2D eigenvalue weighted by atomic mass is 16.5. The highest BCUT2D eigenvalue weighted by Gasteiger charge is 2.35. The third-order valence-electron chi connectivity index (χ3n) is 6.00. The minimum absolute atomic E-state index is 0.161. The van der Waals surface area contributed by atoms with Crippen molar-refractivity contribution in [1.29, 1.82) is 0 Å². The number of likely N-dealkylation sites (tertiary alicyclic amines) is 1.